The van der Waals surface area contributed by atoms with Crippen molar-refractivity contribution in [2.75, 3.05) is 0 Å². The van der Waals surface area contributed by atoms with Gasteiger partial charge in [-0.3, -0.25) is 0 Å². The van der Waals surface area contributed by atoms with Crippen molar-refractivity contribution in [2.24, 2.45) is 0 Å². The lowest BCUT2D eigenvalue weighted by Gasteiger charge is -2.27. The van der Waals surface area contributed by atoms with Crippen molar-refractivity contribution in [1.29, 1.82) is 0 Å². The molecule has 72 valence electrons. The Bertz CT molecular complexity index is 323. The summed E-state index contributed by atoms with van der Waals surface area (Å²) in [5.74, 6) is 2.85. The predicted molar refractivity (Wildman–Crippen MR) is 60.0 cm³/mol. The van der Waals surface area contributed by atoms with Crippen LogP contribution < -0.4 is 0 Å². The van der Waals surface area contributed by atoms with Gasteiger partial charge in [-0.25, -0.2) is 0 Å². The second-order valence-electron chi connectivity index (χ2n) is 4.23. The van der Waals surface area contributed by atoms with E-state index in [1.165, 1.54) is 31.2 Å². The van der Waals surface area contributed by atoms with E-state index in [2.05, 4.69) is 36.3 Å². The van der Waals surface area contributed by atoms with Crippen LogP contribution in [0, 0.1) is 12.3 Å². The van der Waals surface area contributed by atoms with Gasteiger partial charge in [-0.2, -0.15) is 0 Å². The smallest absolute Gasteiger partial charge is 0.0183 e. The zero-order chi connectivity index (χ0) is 9.86. The van der Waals surface area contributed by atoms with Crippen LogP contribution in [0.25, 0.3) is 0 Å². The maximum absolute atomic E-state index is 5.48. The van der Waals surface area contributed by atoms with Gasteiger partial charge in [0.25, 0.3) is 0 Å². The number of hydrogen-bond donors (Lipinski definition) is 0. The van der Waals surface area contributed by atoms with Gasteiger partial charge < -0.3 is 0 Å². The van der Waals surface area contributed by atoms with Gasteiger partial charge in [0.15, 0.2) is 0 Å². The summed E-state index contributed by atoms with van der Waals surface area (Å²) in [5, 5.41) is 0. The molecule has 0 unspecified atom stereocenters. The van der Waals surface area contributed by atoms with Crippen LogP contribution in [-0.4, -0.2) is 0 Å². The first-order valence-corrected chi connectivity index (χ1v) is 5.36. The highest BCUT2D eigenvalue weighted by atomic mass is 14.4. The molecule has 1 aromatic rings. The summed E-state index contributed by atoms with van der Waals surface area (Å²) in [4.78, 5) is 0. The molecule has 0 heteroatoms. The van der Waals surface area contributed by atoms with Crippen molar-refractivity contribution in [3.63, 3.8) is 0 Å². The van der Waals surface area contributed by atoms with Crippen LogP contribution in [0.1, 0.15) is 37.7 Å². The molecule has 0 aromatic heterocycles. The van der Waals surface area contributed by atoms with Gasteiger partial charge in [0.1, 0.15) is 0 Å². The third kappa shape index (κ3) is 1.55. The topological polar surface area (TPSA) is 0 Å². The Balaban J connectivity index is 2.32. The molecule has 0 saturated heterocycles. The molecule has 1 fully saturated rings. The largest absolute Gasteiger partial charge is 0.120 e. The van der Waals surface area contributed by atoms with E-state index in [-0.39, 0.29) is 0 Å². The lowest BCUT2D eigenvalue weighted by Crippen LogP contribution is -2.20. The van der Waals surface area contributed by atoms with Crippen LogP contribution in [-0.2, 0) is 5.41 Å². The van der Waals surface area contributed by atoms with Crippen molar-refractivity contribution in [3.8, 4) is 12.3 Å². The van der Waals surface area contributed by atoms with Crippen LogP contribution in [0.3, 0.4) is 0 Å². The number of rotatable bonds is 2. The number of terminal acetylenes is 1. The fourth-order valence-electron chi connectivity index (χ4n) is 2.61. The summed E-state index contributed by atoms with van der Waals surface area (Å²) < 4.78 is 0. The monoisotopic (exact) mass is 184 g/mol. The molecule has 1 aliphatic carbocycles. The highest BCUT2D eigenvalue weighted by Crippen LogP contribution is 2.43. The van der Waals surface area contributed by atoms with Crippen LogP contribution in [0.15, 0.2) is 30.3 Å². The highest BCUT2D eigenvalue weighted by Gasteiger charge is 2.34. The molecule has 0 atom stereocenters. The van der Waals surface area contributed by atoms with Gasteiger partial charge in [0.2, 0.25) is 0 Å². The summed E-state index contributed by atoms with van der Waals surface area (Å²) in [5.41, 5.74) is 1.74. The van der Waals surface area contributed by atoms with Gasteiger partial charge in [0, 0.05) is 11.8 Å². The molecule has 0 bridgehead atoms. The molecular weight excluding hydrogens is 168 g/mol. The van der Waals surface area contributed by atoms with Gasteiger partial charge in [-0.1, -0.05) is 43.2 Å². The molecule has 2 rings (SSSR count). The number of hydrogen-bond acceptors (Lipinski definition) is 0. The third-order valence-corrected chi connectivity index (χ3v) is 3.39. The second kappa shape index (κ2) is 3.88. The molecule has 0 N–H and O–H groups in total. The Labute approximate surface area is 86.3 Å². The quantitative estimate of drug-likeness (QED) is 0.617. The van der Waals surface area contributed by atoms with Crippen molar-refractivity contribution < 1.29 is 0 Å². The predicted octanol–water partition coefficient (Wildman–Crippen LogP) is 3.52. The van der Waals surface area contributed by atoms with Crippen molar-refractivity contribution in [3.05, 3.63) is 35.9 Å². The SMILES string of the molecule is C#CCC1(c2ccccc2)CCCC1. The van der Waals surface area contributed by atoms with Crippen LogP contribution in [0.5, 0.6) is 0 Å². The summed E-state index contributed by atoms with van der Waals surface area (Å²) in [6.45, 7) is 0. The molecule has 0 spiro atoms. The minimum Gasteiger partial charge on any atom is -0.120 e. The fraction of sp³-hybridized carbons (Fsp3) is 0.429. The zero-order valence-corrected chi connectivity index (χ0v) is 8.50. The highest BCUT2D eigenvalue weighted by molar-refractivity contribution is 5.28. The normalized spacial score (nSPS) is 19.1. The van der Waals surface area contributed by atoms with Gasteiger partial charge in [0.05, 0.1) is 0 Å². The molecule has 0 amide bonds. The van der Waals surface area contributed by atoms with E-state index in [0.29, 0.717) is 5.41 Å². The molecule has 1 aromatic carbocycles. The van der Waals surface area contributed by atoms with Crippen LogP contribution >= 0.6 is 0 Å². The Morgan fingerprint density at radius 2 is 1.79 bits per heavy atom. The zero-order valence-electron chi connectivity index (χ0n) is 8.50. The average Bonchev–Trinajstić information content (AvgIpc) is 2.70. The van der Waals surface area contributed by atoms with Crippen molar-refractivity contribution in [2.45, 2.75) is 37.5 Å². The van der Waals surface area contributed by atoms with E-state index < -0.39 is 0 Å². The first kappa shape index (κ1) is 9.34. The summed E-state index contributed by atoms with van der Waals surface area (Å²) in [6, 6.07) is 10.8. The minimum atomic E-state index is 0.302. The minimum absolute atomic E-state index is 0.302. The van der Waals surface area contributed by atoms with E-state index in [1.54, 1.807) is 0 Å². The molecule has 0 aliphatic heterocycles. The van der Waals surface area contributed by atoms with E-state index in [0.717, 1.165) is 6.42 Å². The summed E-state index contributed by atoms with van der Waals surface area (Å²) in [7, 11) is 0. The van der Waals surface area contributed by atoms with Gasteiger partial charge in [-0.05, 0) is 18.4 Å². The first-order chi connectivity index (χ1) is 6.87. The Morgan fingerprint density at radius 1 is 1.14 bits per heavy atom. The lowest BCUT2D eigenvalue weighted by molar-refractivity contribution is 0.453. The van der Waals surface area contributed by atoms with Crippen molar-refractivity contribution in [1.82, 2.24) is 0 Å². The van der Waals surface area contributed by atoms with Crippen LogP contribution in [0.2, 0.25) is 0 Å². The maximum Gasteiger partial charge on any atom is 0.0183 e. The Morgan fingerprint density at radius 3 is 2.36 bits per heavy atom. The summed E-state index contributed by atoms with van der Waals surface area (Å²) in [6.07, 6.45) is 11.6. The molecule has 1 saturated carbocycles. The standard InChI is InChI=1S/C14H16/c1-2-10-14(11-6-7-12-14)13-8-4-3-5-9-13/h1,3-5,8-9H,6-7,10-12H2. The lowest BCUT2D eigenvalue weighted by atomic mass is 9.76. The Hall–Kier alpha value is -1.22. The third-order valence-electron chi connectivity index (χ3n) is 3.39. The van der Waals surface area contributed by atoms with Gasteiger partial charge in [-0.15, -0.1) is 12.3 Å². The summed E-state index contributed by atoms with van der Waals surface area (Å²) >= 11 is 0. The molecule has 0 nitrogen and oxygen atoms in total. The molecule has 14 heavy (non-hydrogen) atoms. The average molecular weight is 184 g/mol. The fourth-order valence-corrected chi connectivity index (χ4v) is 2.61. The second-order valence-corrected chi connectivity index (χ2v) is 4.23. The molecule has 0 heterocycles. The Kier molecular flexibility index (Phi) is 2.59. The van der Waals surface area contributed by atoms with E-state index in [4.69, 9.17) is 6.42 Å². The maximum atomic E-state index is 5.48. The molecular formula is C14H16. The van der Waals surface area contributed by atoms with Crippen molar-refractivity contribution >= 4 is 0 Å². The van der Waals surface area contributed by atoms with E-state index >= 15 is 0 Å². The first-order valence-electron chi connectivity index (χ1n) is 5.36. The molecule has 0 radical (unpaired) electrons. The van der Waals surface area contributed by atoms with Gasteiger partial charge >= 0.3 is 0 Å². The number of benzene rings is 1. The van der Waals surface area contributed by atoms with Crippen LogP contribution in [0.4, 0.5) is 0 Å². The van der Waals surface area contributed by atoms with E-state index in [9.17, 15) is 0 Å². The molecule has 1 aliphatic rings. The van der Waals surface area contributed by atoms with E-state index in [1.807, 2.05) is 0 Å².